The fourth-order valence-electron chi connectivity index (χ4n) is 3.19. The molecular weight excluding hydrogens is 492 g/mol. The Morgan fingerprint density at radius 3 is 2.10 bits per heavy atom. The first-order valence-electron chi connectivity index (χ1n) is 10.8. The zero-order chi connectivity index (χ0) is 20.7. The molecule has 4 heteroatoms. The van der Waals surface area contributed by atoms with Crippen molar-refractivity contribution in [2.75, 3.05) is 0 Å². The largest absolute Gasteiger partial charge is 0.464 e. The standard InChI is InChI=1S/C25H34Br2O2/c1-2-3-4-5-10-15-22(26)18-19-24(27)25(29-23-16-11-7-12-17-23)28-20-21-13-8-6-9-14-21/h6-9,11-14,16-17,22,24-25H,2-5,10,15,18-20H2,1H3. The van der Waals surface area contributed by atoms with E-state index >= 15 is 0 Å². The van der Waals surface area contributed by atoms with Gasteiger partial charge >= 0.3 is 0 Å². The highest BCUT2D eigenvalue weighted by molar-refractivity contribution is 9.09. The Balaban J connectivity index is 1.82. The van der Waals surface area contributed by atoms with Crippen LogP contribution in [0.1, 0.15) is 63.9 Å². The topological polar surface area (TPSA) is 18.5 Å². The number of hydrogen-bond acceptors (Lipinski definition) is 2. The van der Waals surface area contributed by atoms with Crippen LogP contribution in [0.25, 0.3) is 0 Å². The van der Waals surface area contributed by atoms with Gasteiger partial charge in [-0.15, -0.1) is 0 Å². The molecule has 0 radical (unpaired) electrons. The average molecular weight is 526 g/mol. The second-order valence-electron chi connectivity index (χ2n) is 7.49. The molecule has 160 valence electrons. The summed E-state index contributed by atoms with van der Waals surface area (Å²) in [5.41, 5.74) is 1.15. The molecule has 0 heterocycles. The molecule has 3 atom stereocenters. The molecule has 0 aliphatic heterocycles. The molecule has 0 bridgehead atoms. The summed E-state index contributed by atoms with van der Waals surface area (Å²) >= 11 is 7.70. The third kappa shape index (κ3) is 10.7. The van der Waals surface area contributed by atoms with Crippen LogP contribution < -0.4 is 4.74 Å². The molecular formula is C25H34Br2O2. The van der Waals surface area contributed by atoms with Gasteiger partial charge in [0.2, 0.25) is 6.29 Å². The van der Waals surface area contributed by atoms with Crippen molar-refractivity contribution >= 4 is 31.9 Å². The summed E-state index contributed by atoms with van der Waals surface area (Å²) in [6.07, 6.45) is 9.66. The monoisotopic (exact) mass is 524 g/mol. The van der Waals surface area contributed by atoms with Crippen LogP contribution in [0, 0.1) is 0 Å². The number of benzene rings is 2. The van der Waals surface area contributed by atoms with Crippen LogP contribution in [-0.2, 0) is 11.3 Å². The van der Waals surface area contributed by atoms with Crippen molar-refractivity contribution in [2.45, 2.75) is 80.8 Å². The maximum Gasteiger partial charge on any atom is 0.212 e. The lowest BCUT2D eigenvalue weighted by Gasteiger charge is -2.25. The molecule has 29 heavy (non-hydrogen) atoms. The van der Waals surface area contributed by atoms with Gasteiger partial charge in [0, 0.05) is 4.83 Å². The van der Waals surface area contributed by atoms with Crippen LogP contribution in [0.2, 0.25) is 0 Å². The molecule has 0 aromatic heterocycles. The lowest BCUT2D eigenvalue weighted by Crippen LogP contribution is -2.31. The van der Waals surface area contributed by atoms with E-state index in [2.05, 4.69) is 50.9 Å². The Bertz CT molecular complexity index is 636. The zero-order valence-electron chi connectivity index (χ0n) is 17.4. The minimum atomic E-state index is -0.332. The minimum absolute atomic E-state index is 0.131. The Hall–Kier alpha value is -0.840. The van der Waals surface area contributed by atoms with E-state index in [1.807, 2.05) is 48.5 Å². The van der Waals surface area contributed by atoms with Gasteiger partial charge in [-0.05, 0) is 37.0 Å². The van der Waals surface area contributed by atoms with Crippen molar-refractivity contribution in [1.29, 1.82) is 0 Å². The van der Waals surface area contributed by atoms with Crippen molar-refractivity contribution in [2.24, 2.45) is 0 Å². The summed E-state index contributed by atoms with van der Waals surface area (Å²) in [7, 11) is 0. The quantitative estimate of drug-likeness (QED) is 0.132. The highest BCUT2D eigenvalue weighted by Gasteiger charge is 2.23. The van der Waals surface area contributed by atoms with Crippen LogP contribution >= 0.6 is 31.9 Å². The van der Waals surface area contributed by atoms with E-state index in [4.69, 9.17) is 9.47 Å². The molecule has 2 nitrogen and oxygen atoms in total. The highest BCUT2D eigenvalue weighted by Crippen LogP contribution is 2.25. The van der Waals surface area contributed by atoms with E-state index < -0.39 is 0 Å². The number of halogens is 2. The lowest BCUT2D eigenvalue weighted by atomic mass is 10.1. The maximum atomic E-state index is 6.17. The van der Waals surface area contributed by atoms with Crippen LogP contribution in [0.5, 0.6) is 5.75 Å². The summed E-state index contributed by atoms with van der Waals surface area (Å²) in [4.78, 5) is 0.683. The molecule has 0 fully saturated rings. The van der Waals surface area contributed by atoms with E-state index in [0.717, 1.165) is 24.2 Å². The number of para-hydroxylation sites is 1. The SMILES string of the molecule is CCCCCCCC(Br)CCC(Br)C(OCc1ccccc1)Oc1ccccc1. The van der Waals surface area contributed by atoms with Gasteiger partial charge in [0.25, 0.3) is 0 Å². The summed E-state index contributed by atoms with van der Waals surface area (Å²) in [5, 5.41) is 0. The van der Waals surface area contributed by atoms with E-state index in [9.17, 15) is 0 Å². The molecule has 0 saturated heterocycles. The molecule has 3 unspecified atom stereocenters. The maximum absolute atomic E-state index is 6.17. The van der Waals surface area contributed by atoms with Gasteiger partial charge in [0.1, 0.15) is 5.75 Å². The lowest BCUT2D eigenvalue weighted by molar-refractivity contribution is -0.0891. The smallest absolute Gasteiger partial charge is 0.212 e. The number of ether oxygens (including phenoxy) is 2. The van der Waals surface area contributed by atoms with Crippen molar-refractivity contribution in [3.05, 3.63) is 66.2 Å². The van der Waals surface area contributed by atoms with Gasteiger partial charge < -0.3 is 9.47 Å². The first kappa shape index (κ1) is 24.4. The van der Waals surface area contributed by atoms with Gasteiger partial charge in [0.15, 0.2) is 0 Å². The predicted octanol–water partition coefficient (Wildman–Crippen LogP) is 8.28. The average Bonchev–Trinajstić information content (AvgIpc) is 2.76. The van der Waals surface area contributed by atoms with Gasteiger partial charge in [-0.2, -0.15) is 0 Å². The van der Waals surface area contributed by atoms with Crippen molar-refractivity contribution in [3.8, 4) is 5.75 Å². The second-order valence-corrected chi connectivity index (χ2v) is 9.96. The number of rotatable bonds is 15. The van der Waals surface area contributed by atoms with Crippen LogP contribution in [-0.4, -0.2) is 15.9 Å². The molecule has 2 aromatic rings. The molecule has 0 aliphatic rings. The van der Waals surface area contributed by atoms with Gasteiger partial charge in [-0.25, -0.2) is 0 Å². The van der Waals surface area contributed by atoms with E-state index in [-0.39, 0.29) is 11.1 Å². The minimum Gasteiger partial charge on any atom is -0.464 e. The van der Waals surface area contributed by atoms with Crippen molar-refractivity contribution in [1.82, 2.24) is 0 Å². The van der Waals surface area contributed by atoms with Crippen LogP contribution in [0.15, 0.2) is 60.7 Å². The molecule has 0 amide bonds. The first-order chi connectivity index (χ1) is 14.2. The third-order valence-corrected chi connectivity index (χ3v) is 6.73. The van der Waals surface area contributed by atoms with Gasteiger partial charge in [-0.1, -0.05) is 119 Å². The Kier molecular flexibility index (Phi) is 12.7. The molecule has 2 rings (SSSR count). The molecule has 0 N–H and O–H groups in total. The molecule has 0 spiro atoms. The third-order valence-electron chi connectivity index (χ3n) is 4.92. The van der Waals surface area contributed by atoms with Gasteiger partial charge in [0.05, 0.1) is 11.4 Å². The van der Waals surface area contributed by atoms with E-state index in [1.54, 1.807) is 0 Å². The summed E-state index contributed by atoms with van der Waals surface area (Å²) in [6.45, 7) is 2.80. The fourth-order valence-corrected chi connectivity index (χ4v) is 4.30. The first-order valence-corrected chi connectivity index (χ1v) is 12.7. The van der Waals surface area contributed by atoms with E-state index in [1.165, 1.54) is 38.5 Å². The van der Waals surface area contributed by atoms with Gasteiger partial charge in [-0.3, -0.25) is 0 Å². The van der Waals surface area contributed by atoms with Crippen molar-refractivity contribution in [3.63, 3.8) is 0 Å². The van der Waals surface area contributed by atoms with Crippen molar-refractivity contribution < 1.29 is 9.47 Å². The molecule has 0 saturated carbocycles. The summed E-state index contributed by atoms with van der Waals surface area (Å²) < 4.78 is 12.3. The Morgan fingerprint density at radius 1 is 0.759 bits per heavy atom. The number of alkyl halides is 2. The second kappa shape index (κ2) is 15.0. The molecule has 2 aromatic carbocycles. The predicted molar refractivity (Wildman–Crippen MR) is 130 cm³/mol. The van der Waals surface area contributed by atoms with Crippen LogP contribution in [0.3, 0.4) is 0 Å². The number of hydrogen-bond donors (Lipinski definition) is 0. The Morgan fingerprint density at radius 2 is 1.41 bits per heavy atom. The Labute approximate surface area is 193 Å². The van der Waals surface area contributed by atoms with Crippen LogP contribution in [0.4, 0.5) is 0 Å². The molecule has 0 aliphatic carbocycles. The highest BCUT2D eigenvalue weighted by atomic mass is 79.9. The van der Waals surface area contributed by atoms with E-state index in [0.29, 0.717) is 11.4 Å². The summed E-state index contributed by atoms with van der Waals surface area (Å²) in [6, 6.07) is 20.2. The summed E-state index contributed by atoms with van der Waals surface area (Å²) in [5.74, 6) is 0.835. The number of unbranched alkanes of at least 4 members (excludes halogenated alkanes) is 4. The zero-order valence-corrected chi connectivity index (χ0v) is 20.6. The fraction of sp³-hybridized carbons (Fsp3) is 0.520. The normalized spacial score (nSPS) is 14.3.